The summed E-state index contributed by atoms with van der Waals surface area (Å²) in [5.41, 5.74) is 3.72. The molecule has 29 heavy (non-hydrogen) atoms. The van der Waals surface area contributed by atoms with Gasteiger partial charge in [-0.1, -0.05) is 59.5 Å². The normalized spacial score (nSPS) is 45.7. The summed E-state index contributed by atoms with van der Waals surface area (Å²) in [6, 6.07) is 0. The molecule has 166 valence electrons. The van der Waals surface area contributed by atoms with Crippen molar-refractivity contribution in [3.8, 4) is 0 Å². The Bertz CT molecular complexity index is 636. The van der Waals surface area contributed by atoms with Crippen molar-refractivity contribution in [3.63, 3.8) is 0 Å². The van der Waals surface area contributed by atoms with Gasteiger partial charge in [-0.15, -0.1) is 0 Å². The zero-order valence-electron chi connectivity index (χ0n) is 19.7. The van der Waals surface area contributed by atoms with Crippen LogP contribution in [0.4, 0.5) is 0 Å². The van der Waals surface area contributed by atoms with Gasteiger partial charge in [-0.25, -0.2) is 0 Å². The summed E-state index contributed by atoms with van der Waals surface area (Å²) in [5.74, 6) is 3.48. The molecule has 4 rings (SSSR count). The fourth-order valence-corrected chi connectivity index (χ4v) is 8.49. The maximum absolute atomic E-state index is 11.3. The van der Waals surface area contributed by atoms with Crippen LogP contribution in [0.25, 0.3) is 0 Å². The minimum atomic E-state index is -0.204. The lowest BCUT2D eigenvalue weighted by molar-refractivity contribution is -0.0386. The average Bonchev–Trinajstić information content (AvgIpc) is 2.93. The largest absolute Gasteiger partial charge is 0.393 e. The molecule has 2 N–H and O–H groups in total. The van der Waals surface area contributed by atoms with E-state index in [0.29, 0.717) is 29.1 Å². The van der Waals surface area contributed by atoms with Crippen molar-refractivity contribution < 1.29 is 10.2 Å². The fourth-order valence-electron chi connectivity index (χ4n) is 8.49. The van der Waals surface area contributed by atoms with E-state index < -0.39 is 0 Å². The van der Waals surface area contributed by atoms with Gasteiger partial charge >= 0.3 is 0 Å². The maximum Gasteiger partial charge on any atom is 0.0761 e. The van der Waals surface area contributed by atoms with Crippen LogP contribution in [0, 0.1) is 40.4 Å². The number of hydrogen-bond acceptors (Lipinski definition) is 2. The van der Waals surface area contributed by atoms with E-state index in [4.69, 9.17) is 0 Å². The predicted molar refractivity (Wildman–Crippen MR) is 121 cm³/mol. The minimum Gasteiger partial charge on any atom is -0.393 e. The molecular weight excluding hydrogens is 356 g/mol. The van der Waals surface area contributed by atoms with Gasteiger partial charge in [-0.3, -0.25) is 0 Å². The maximum atomic E-state index is 11.3. The smallest absolute Gasteiger partial charge is 0.0761 e. The third-order valence-corrected chi connectivity index (χ3v) is 10.2. The highest BCUT2D eigenvalue weighted by molar-refractivity contribution is 5.37. The van der Waals surface area contributed by atoms with Crippen LogP contribution in [0.15, 0.2) is 11.1 Å². The summed E-state index contributed by atoms with van der Waals surface area (Å²) in [6.45, 7) is 12.1. The number of hydrogen-bond donors (Lipinski definition) is 2. The van der Waals surface area contributed by atoms with Crippen LogP contribution >= 0.6 is 0 Å². The molecule has 0 bridgehead atoms. The van der Waals surface area contributed by atoms with Crippen molar-refractivity contribution in [2.75, 3.05) is 0 Å². The van der Waals surface area contributed by atoms with Gasteiger partial charge in [0.25, 0.3) is 0 Å². The standard InChI is InChI=1S/C27H46O2/c1-17(2)7-6-8-18(3)23-16-24(29)25-21-10-9-19-15-20(28)11-13-26(19,4)22(21)12-14-27(23,25)5/h17-20,22-24,28-29H,6-16H2,1-5H3/t18-,19+,20+,22+,23-,24-,26+,27-/m1/s1. The van der Waals surface area contributed by atoms with Crippen LogP contribution in [-0.4, -0.2) is 22.4 Å². The van der Waals surface area contributed by atoms with E-state index in [2.05, 4.69) is 34.6 Å². The molecule has 4 aliphatic carbocycles. The second kappa shape index (κ2) is 7.97. The molecular formula is C27H46O2. The Hall–Kier alpha value is -0.340. The number of aliphatic hydroxyl groups excluding tert-OH is 2. The second-order valence-electron chi connectivity index (χ2n) is 12.3. The third-order valence-electron chi connectivity index (χ3n) is 10.2. The molecule has 4 aliphatic rings. The van der Waals surface area contributed by atoms with Crippen molar-refractivity contribution in [1.82, 2.24) is 0 Å². The average molecular weight is 403 g/mol. The Kier molecular flexibility index (Phi) is 6.01. The highest BCUT2D eigenvalue weighted by atomic mass is 16.3. The molecule has 0 saturated heterocycles. The summed E-state index contributed by atoms with van der Waals surface area (Å²) in [4.78, 5) is 0. The molecule has 0 amide bonds. The summed E-state index contributed by atoms with van der Waals surface area (Å²) in [7, 11) is 0. The lowest BCUT2D eigenvalue weighted by Gasteiger charge is -2.56. The first-order valence-electron chi connectivity index (χ1n) is 12.8. The van der Waals surface area contributed by atoms with Gasteiger partial charge in [-0.05, 0) is 97.4 Å². The topological polar surface area (TPSA) is 40.5 Å². The van der Waals surface area contributed by atoms with Crippen LogP contribution in [-0.2, 0) is 0 Å². The quantitative estimate of drug-likeness (QED) is 0.515. The number of allylic oxidation sites excluding steroid dienone is 1. The molecule has 0 spiro atoms. The van der Waals surface area contributed by atoms with Crippen molar-refractivity contribution in [1.29, 1.82) is 0 Å². The molecule has 0 aliphatic heterocycles. The van der Waals surface area contributed by atoms with Gasteiger partial charge in [0, 0.05) is 0 Å². The van der Waals surface area contributed by atoms with Crippen molar-refractivity contribution in [2.24, 2.45) is 40.4 Å². The Labute approximate surface area is 179 Å². The van der Waals surface area contributed by atoms with Crippen LogP contribution in [0.1, 0.15) is 105 Å². The first-order chi connectivity index (χ1) is 13.7. The molecule has 0 aromatic rings. The number of rotatable bonds is 5. The summed E-state index contributed by atoms with van der Waals surface area (Å²) in [5, 5.41) is 21.5. The summed E-state index contributed by atoms with van der Waals surface area (Å²) < 4.78 is 0. The van der Waals surface area contributed by atoms with E-state index in [0.717, 1.165) is 25.2 Å². The van der Waals surface area contributed by atoms with E-state index in [1.54, 1.807) is 5.57 Å². The first kappa shape index (κ1) is 21.9. The Morgan fingerprint density at radius 1 is 0.966 bits per heavy atom. The van der Waals surface area contributed by atoms with E-state index >= 15 is 0 Å². The monoisotopic (exact) mass is 402 g/mol. The summed E-state index contributed by atoms with van der Waals surface area (Å²) in [6.07, 6.45) is 12.8. The predicted octanol–water partition coefficient (Wildman–Crippen LogP) is 6.50. The third kappa shape index (κ3) is 3.65. The molecule has 2 nitrogen and oxygen atoms in total. The number of aliphatic hydroxyl groups is 2. The van der Waals surface area contributed by atoms with E-state index in [-0.39, 0.29) is 17.6 Å². The molecule has 0 aromatic carbocycles. The molecule has 0 aromatic heterocycles. The molecule has 3 fully saturated rings. The SMILES string of the molecule is CC(C)CCC[C@@H](C)[C@H]1C[C@@H](O)C2=C3CC[C@H]4C[C@@H](O)CC[C@]4(C)[C@H]3CC[C@@]21C. The molecule has 0 heterocycles. The van der Waals surface area contributed by atoms with Crippen molar-refractivity contribution in [3.05, 3.63) is 11.1 Å². The second-order valence-corrected chi connectivity index (χ2v) is 12.3. The van der Waals surface area contributed by atoms with Crippen molar-refractivity contribution >= 4 is 0 Å². The highest BCUT2D eigenvalue weighted by Gasteiger charge is 2.57. The minimum absolute atomic E-state index is 0.0794. The van der Waals surface area contributed by atoms with Crippen LogP contribution in [0.5, 0.6) is 0 Å². The van der Waals surface area contributed by atoms with Gasteiger partial charge in [0.1, 0.15) is 0 Å². The van der Waals surface area contributed by atoms with Gasteiger partial charge in [0.05, 0.1) is 12.2 Å². The molecule has 0 radical (unpaired) electrons. The van der Waals surface area contributed by atoms with Gasteiger partial charge in [-0.2, -0.15) is 0 Å². The van der Waals surface area contributed by atoms with Crippen LogP contribution in [0.2, 0.25) is 0 Å². The van der Waals surface area contributed by atoms with Crippen molar-refractivity contribution in [2.45, 2.75) is 117 Å². The number of fused-ring (bicyclic) bond motifs is 4. The Morgan fingerprint density at radius 3 is 2.45 bits per heavy atom. The van der Waals surface area contributed by atoms with E-state index in [9.17, 15) is 10.2 Å². The molecule has 0 unspecified atom stereocenters. The highest BCUT2D eigenvalue weighted by Crippen LogP contribution is 2.65. The Balaban J connectivity index is 1.58. The van der Waals surface area contributed by atoms with Gasteiger partial charge in [0.2, 0.25) is 0 Å². The van der Waals surface area contributed by atoms with Gasteiger partial charge < -0.3 is 10.2 Å². The molecule has 8 atom stereocenters. The lowest BCUT2D eigenvalue weighted by atomic mass is 9.48. The van der Waals surface area contributed by atoms with Gasteiger partial charge in [0.15, 0.2) is 0 Å². The zero-order valence-corrected chi connectivity index (χ0v) is 19.7. The zero-order chi connectivity index (χ0) is 21.0. The molecule has 2 heteroatoms. The van der Waals surface area contributed by atoms with Crippen LogP contribution in [0.3, 0.4) is 0 Å². The van der Waals surface area contributed by atoms with Crippen LogP contribution < -0.4 is 0 Å². The summed E-state index contributed by atoms with van der Waals surface area (Å²) >= 11 is 0. The fraction of sp³-hybridized carbons (Fsp3) is 0.926. The first-order valence-corrected chi connectivity index (χ1v) is 12.8. The van der Waals surface area contributed by atoms with E-state index in [1.165, 1.54) is 56.9 Å². The lowest BCUT2D eigenvalue weighted by Crippen LogP contribution is -2.48. The molecule has 3 saturated carbocycles. The van der Waals surface area contributed by atoms with E-state index in [1.807, 2.05) is 0 Å². The Morgan fingerprint density at radius 2 is 1.72 bits per heavy atom.